The van der Waals surface area contributed by atoms with Gasteiger partial charge in [-0.1, -0.05) is 11.6 Å². The molecule has 2 aromatic heterocycles. The molecular formula is C11H12ClN3O. The van der Waals surface area contributed by atoms with Crippen LogP contribution in [0.25, 0.3) is 0 Å². The van der Waals surface area contributed by atoms with Gasteiger partial charge in [0.15, 0.2) is 0 Å². The quantitative estimate of drug-likeness (QED) is 0.885. The number of nitrogens with zero attached hydrogens (tertiary/aromatic N) is 3. The molecule has 1 N–H and O–H groups in total. The van der Waals surface area contributed by atoms with E-state index in [2.05, 4.69) is 9.97 Å². The molecule has 0 bridgehead atoms. The molecule has 0 amide bonds. The first-order chi connectivity index (χ1) is 7.68. The van der Waals surface area contributed by atoms with Crippen molar-refractivity contribution in [1.82, 2.24) is 14.5 Å². The lowest BCUT2D eigenvalue weighted by molar-refractivity contribution is 0.165. The van der Waals surface area contributed by atoms with Gasteiger partial charge < -0.3 is 9.67 Å². The van der Waals surface area contributed by atoms with E-state index in [-0.39, 0.29) is 0 Å². The van der Waals surface area contributed by atoms with Gasteiger partial charge in [-0.05, 0) is 11.6 Å². The Morgan fingerprint density at radius 1 is 1.50 bits per heavy atom. The number of pyridine rings is 1. The van der Waals surface area contributed by atoms with Gasteiger partial charge in [0.2, 0.25) is 0 Å². The van der Waals surface area contributed by atoms with Crippen LogP contribution in [0, 0.1) is 0 Å². The van der Waals surface area contributed by atoms with Gasteiger partial charge in [0.25, 0.3) is 0 Å². The molecule has 0 aromatic carbocycles. The lowest BCUT2D eigenvalue weighted by Crippen LogP contribution is -2.08. The predicted octanol–water partition coefficient (Wildman–Crippen LogP) is 1.74. The van der Waals surface area contributed by atoms with Gasteiger partial charge in [-0.15, -0.1) is 0 Å². The molecule has 0 aliphatic heterocycles. The van der Waals surface area contributed by atoms with Crippen LogP contribution < -0.4 is 0 Å². The van der Waals surface area contributed by atoms with E-state index in [0.29, 0.717) is 17.3 Å². The Morgan fingerprint density at radius 2 is 2.31 bits per heavy atom. The molecule has 1 atom stereocenters. The number of aliphatic hydroxyl groups excluding tert-OH is 1. The van der Waals surface area contributed by atoms with Crippen LogP contribution in [0.15, 0.2) is 30.9 Å². The lowest BCUT2D eigenvalue weighted by atomic mass is 10.1. The predicted molar refractivity (Wildman–Crippen MR) is 61.1 cm³/mol. The van der Waals surface area contributed by atoms with Crippen LogP contribution in [0.1, 0.15) is 17.5 Å². The number of rotatable bonds is 3. The summed E-state index contributed by atoms with van der Waals surface area (Å²) in [6, 6.07) is 1.80. The maximum absolute atomic E-state index is 10.0. The molecule has 4 nitrogen and oxygen atoms in total. The standard InChI is InChI=1S/C11H12ClN3O/c1-15-5-4-14-11(15)10(16)6-8-2-3-13-7-9(8)12/h2-5,7,10,16H,6H2,1H3. The molecule has 0 saturated heterocycles. The lowest BCUT2D eigenvalue weighted by Gasteiger charge is -2.11. The monoisotopic (exact) mass is 237 g/mol. The van der Waals surface area contributed by atoms with Crippen LogP contribution in [0.5, 0.6) is 0 Å². The van der Waals surface area contributed by atoms with Gasteiger partial charge in [-0.3, -0.25) is 4.98 Å². The van der Waals surface area contributed by atoms with Crippen LogP contribution in [0.2, 0.25) is 5.02 Å². The minimum absolute atomic E-state index is 0.437. The molecule has 0 aliphatic rings. The molecule has 0 spiro atoms. The number of hydrogen-bond donors (Lipinski definition) is 1. The summed E-state index contributed by atoms with van der Waals surface area (Å²) >= 11 is 5.97. The third-order valence-electron chi connectivity index (χ3n) is 2.43. The second-order valence-electron chi connectivity index (χ2n) is 3.58. The van der Waals surface area contributed by atoms with Gasteiger partial charge in [0, 0.05) is 38.3 Å². The summed E-state index contributed by atoms with van der Waals surface area (Å²) < 4.78 is 1.79. The summed E-state index contributed by atoms with van der Waals surface area (Å²) in [6.45, 7) is 0. The number of imidazole rings is 1. The van der Waals surface area contributed by atoms with Gasteiger partial charge in [-0.25, -0.2) is 4.98 Å². The number of aliphatic hydroxyl groups is 1. The molecule has 0 saturated carbocycles. The third-order valence-corrected chi connectivity index (χ3v) is 2.77. The van der Waals surface area contributed by atoms with E-state index in [1.165, 1.54) is 0 Å². The van der Waals surface area contributed by atoms with Crippen molar-refractivity contribution in [2.45, 2.75) is 12.5 Å². The van der Waals surface area contributed by atoms with Crippen molar-refractivity contribution in [3.8, 4) is 0 Å². The summed E-state index contributed by atoms with van der Waals surface area (Å²) in [7, 11) is 1.85. The zero-order valence-corrected chi connectivity index (χ0v) is 9.59. The van der Waals surface area contributed by atoms with Crippen LogP contribution in [0.4, 0.5) is 0 Å². The first kappa shape index (κ1) is 11.1. The van der Waals surface area contributed by atoms with Crippen LogP contribution >= 0.6 is 11.6 Å². The first-order valence-corrected chi connectivity index (χ1v) is 5.30. The van der Waals surface area contributed by atoms with Gasteiger partial charge in [0.1, 0.15) is 11.9 Å². The highest BCUT2D eigenvalue weighted by molar-refractivity contribution is 6.31. The first-order valence-electron chi connectivity index (χ1n) is 4.92. The summed E-state index contributed by atoms with van der Waals surface area (Å²) in [4.78, 5) is 7.99. The Balaban J connectivity index is 2.17. The summed E-state index contributed by atoms with van der Waals surface area (Å²) in [5, 5.41) is 10.6. The molecule has 0 aliphatic carbocycles. The Kier molecular flexibility index (Phi) is 3.22. The minimum Gasteiger partial charge on any atom is -0.385 e. The van der Waals surface area contributed by atoms with Gasteiger partial charge in [-0.2, -0.15) is 0 Å². The maximum atomic E-state index is 10.0. The molecule has 1 unspecified atom stereocenters. The highest BCUT2D eigenvalue weighted by atomic mass is 35.5. The maximum Gasteiger partial charge on any atom is 0.137 e. The van der Waals surface area contributed by atoms with Crippen molar-refractivity contribution in [3.63, 3.8) is 0 Å². The number of halogens is 1. The van der Waals surface area contributed by atoms with E-state index in [1.54, 1.807) is 35.4 Å². The Labute approximate surface area is 98.5 Å². The molecule has 0 radical (unpaired) electrons. The fourth-order valence-electron chi connectivity index (χ4n) is 1.57. The van der Waals surface area contributed by atoms with Crippen molar-refractivity contribution in [3.05, 3.63) is 47.3 Å². The number of aromatic nitrogens is 3. The van der Waals surface area contributed by atoms with Crippen LogP contribution in [0.3, 0.4) is 0 Å². The molecule has 5 heteroatoms. The molecule has 2 rings (SSSR count). The molecule has 16 heavy (non-hydrogen) atoms. The minimum atomic E-state index is -0.653. The Morgan fingerprint density at radius 3 is 2.94 bits per heavy atom. The van der Waals surface area contributed by atoms with Crippen molar-refractivity contribution < 1.29 is 5.11 Å². The summed E-state index contributed by atoms with van der Waals surface area (Å²) in [5.74, 6) is 0.632. The summed E-state index contributed by atoms with van der Waals surface area (Å²) in [6.07, 6.45) is 6.47. The van der Waals surface area contributed by atoms with E-state index < -0.39 is 6.10 Å². The smallest absolute Gasteiger partial charge is 0.137 e. The second kappa shape index (κ2) is 4.63. The zero-order valence-electron chi connectivity index (χ0n) is 8.84. The van der Waals surface area contributed by atoms with Crippen molar-refractivity contribution in [1.29, 1.82) is 0 Å². The second-order valence-corrected chi connectivity index (χ2v) is 3.99. The van der Waals surface area contributed by atoms with E-state index in [4.69, 9.17) is 11.6 Å². The van der Waals surface area contributed by atoms with E-state index in [0.717, 1.165) is 5.56 Å². The fraction of sp³-hybridized carbons (Fsp3) is 0.273. The van der Waals surface area contributed by atoms with Gasteiger partial charge in [0.05, 0.1) is 5.02 Å². The fourth-order valence-corrected chi connectivity index (χ4v) is 1.76. The van der Waals surface area contributed by atoms with Crippen molar-refractivity contribution >= 4 is 11.6 Å². The van der Waals surface area contributed by atoms with Gasteiger partial charge >= 0.3 is 0 Å². The third kappa shape index (κ3) is 2.23. The largest absolute Gasteiger partial charge is 0.385 e. The van der Waals surface area contributed by atoms with E-state index in [1.807, 2.05) is 7.05 Å². The Bertz CT molecular complexity index is 484. The molecule has 2 heterocycles. The normalized spacial score (nSPS) is 12.7. The molecule has 84 valence electrons. The molecule has 0 fully saturated rings. The summed E-state index contributed by atoms with van der Waals surface area (Å²) in [5.41, 5.74) is 0.868. The molecular weight excluding hydrogens is 226 g/mol. The van der Waals surface area contributed by atoms with Crippen LogP contribution in [-0.2, 0) is 13.5 Å². The van der Waals surface area contributed by atoms with E-state index >= 15 is 0 Å². The molecule has 2 aromatic rings. The average molecular weight is 238 g/mol. The van der Waals surface area contributed by atoms with Crippen molar-refractivity contribution in [2.75, 3.05) is 0 Å². The van der Waals surface area contributed by atoms with Crippen LogP contribution in [-0.4, -0.2) is 19.6 Å². The number of aryl methyl sites for hydroxylation is 1. The highest BCUT2D eigenvalue weighted by Gasteiger charge is 2.14. The average Bonchev–Trinajstić information content (AvgIpc) is 2.68. The van der Waals surface area contributed by atoms with E-state index in [9.17, 15) is 5.11 Å². The highest BCUT2D eigenvalue weighted by Crippen LogP contribution is 2.21. The van der Waals surface area contributed by atoms with Crippen molar-refractivity contribution in [2.24, 2.45) is 7.05 Å². The topological polar surface area (TPSA) is 50.9 Å². The Hall–Kier alpha value is -1.39. The SMILES string of the molecule is Cn1ccnc1C(O)Cc1ccncc1Cl. The number of hydrogen-bond acceptors (Lipinski definition) is 3. The zero-order chi connectivity index (χ0) is 11.5.